The molecule has 2 aromatic rings. The Morgan fingerprint density at radius 1 is 1.23 bits per heavy atom. The van der Waals surface area contributed by atoms with Gasteiger partial charge in [0.2, 0.25) is 5.88 Å². The second-order valence-corrected chi connectivity index (χ2v) is 9.06. The number of pyridine rings is 1. The van der Waals surface area contributed by atoms with Gasteiger partial charge in [-0.05, 0) is 72.5 Å². The number of thiophene rings is 1. The molecule has 6 nitrogen and oxygen atoms in total. The lowest BCUT2D eigenvalue weighted by atomic mass is 10.0. The van der Waals surface area contributed by atoms with Crippen LogP contribution < -0.4 is 15.4 Å². The third-order valence-corrected chi connectivity index (χ3v) is 6.37. The van der Waals surface area contributed by atoms with Crippen molar-refractivity contribution in [1.82, 2.24) is 20.5 Å². The predicted molar refractivity (Wildman–Crippen MR) is 138 cm³/mol. The molecular weight excluding hydrogens is 521 g/mol. The Labute approximate surface area is 206 Å². The van der Waals surface area contributed by atoms with Crippen LogP contribution in [0.25, 0.3) is 0 Å². The standard InChI is InChI=1S/C23H33N5OS.HI/c1-2-24-23(26-14-19-5-9-25-22(13-19)29-16-18-3-4-18)27-21-6-10-28(11-7-21)15-20-8-12-30-17-20;/h5,8-9,12-13,17-18,21H,2-4,6-7,10-11,14-16H2,1H3,(H2,24,26,27);1H. The molecule has 0 amide bonds. The van der Waals surface area contributed by atoms with Crippen LogP contribution in [0.5, 0.6) is 5.88 Å². The monoisotopic (exact) mass is 555 g/mol. The van der Waals surface area contributed by atoms with Gasteiger partial charge in [0.15, 0.2) is 5.96 Å². The maximum atomic E-state index is 5.80. The number of halogens is 1. The normalized spacial score (nSPS) is 17.8. The maximum Gasteiger partial charge on any atom is 0.213 e. The fourth-order valence-corrected chi connectivity index (χ4v) is 4.34. The molecule has 2 fully saturated rings. The Hall–Kier alpha value is -1.39. The van der Waals surface area contributed by atoms with Crippen molar-refractivity contribution in [3.63, 3.8) is 0 Å². The molecular formula is C23H34IN5OS. The smallest absolute Gasteiger partial charge is 0.213 e. The molecule has 170 valence electrons. The number of rotatable bonds is 9. The lowest BCUT2D eigenvalue weighted by Crippen LogP contribution is -2.48. The first-order chi connectivity index (χ1) is 14.8. The van der Waals surface area contributed by atoms with Crippen LogP contribution in [0.3, 0.4) is 0 Å². The van der Waals surface area contributed by atoms with Crippen LogP contribution >= 0.6 is 35.3 Å². The third-order valence-electron chi connectivity index (χ3n) is 5.64. The van der Waals surface area contributed by atoms with Gasteiger partial charge >= 0.3 is 0 Å². The van der Waals surface area contributed by atoms with E-state index in [2.05, 4.69) is 44.3 Å². The van der Waals surface area contributed by atoms with E-state index in [0.717, 1.165) is 63.1 Å². The molecule has 3 heterocycles. The highest BCUT2D eigenvalue weighted by molar-refractivity contribution is 14.0. The second kappa shape index (κ2) is 12.6. The summed E-state index contributed by atoms with van der Waals surface area (Å²) in [5.74, 6) is 2.34. The van der Waals surface area contributed by atoms with Gasteiger partial charge in [-0.25, -0.2) is 9.98 Å². The number of hydrogen-bond donors (Lipinski definition) is 2. The van der Waals surface area contributed by atoms with Gasteiger partial charge in [-0.15, -0.1) is 24.0 Å². The van der Waals surface area contributed by atoms with Crippen LogP contribution in [0.2, 0.25) is 0 Å². The molecule has 0 bridgehead atoms. The number of nitrogens with one attached hydrogen (secondary N) is 2. The van der Waals surface area contributed by atoms with E-state index in [1.807, 2.05) is 18.3 Å². The Kier molecular flexibility index (Phi) is 9.86. The molecule has 0 unspecified atom stereocenters. The number of piperidine rings is 1. The number of hydrogen-bond acceptors (Lipinski definition) is 5. The molecule has 31 heavy (non-hydrogen) atoms. The van der Waals surface area contributed by atoms with Crippen molar-refractivity contribution >= 4 is 41.3 Å². The minimum atomic E-state index is 0. The van der Waals surface area contributed by atoms with Crippen LogP contribution in [0.15, 0.2) is 40.1 Å². The summed E-state index contributed by atoms with van der Waals surface area (Å²) in [4.78, 5) is 11.7. The summed E-state index contributed by atoms with van der Waals surface area (Å²) in [6.45, 7) is 7.69. The number of likely N-dealkylation sites (tertiary alicyclic amines) is 1. The van der Waals surface area contributed by atoms with Crippen molar-refractivity contribution in [2.45, 2.75) is 51.7 Å². The van der Waals surface area contributed by atoms with Gasteiger partial charge in [-0.1, -0.05) is 0 Å². The molecule has 2 aliphatic rings. The SMILES string of the molecule is CCNC(=NCc1ccnc(OCC2CC2)c1)NC1CCN(Cc2ccsc2)CC1.I. The summed E-state index contributed by atoms with van der Waals surface area (Å²) >= 11 is 1.78. The van der Waals surface area contributed by atoms with Crippen LogP contribution in [0.1, 0.15) is 43.7 Å². The number of guanidine groups is 1. The lowest BCUT2D eigenvalue weighted by molar-refractivity contribution is 0.198. The van der Waals surface area contributed by atoms with Crippen molar-refractivity contribution < 1.29 is 4.74 Å². The molecule has 0 aromatic carbocycles. The molecule has 0 radical (unpaired) electrons. The van der Waals surface area contributed by atoms with E-state index in [9.17, 15) is 0 Å². The minimum Gasteiger partial charge on any atom is -0.477 e. The zero-order chi connectivity index (χ0) is 20.6. The lowest BCUT2D eigenvalue weighted by Gasteiger charge is -2.33. The highest BCUT2D eigenvalue weighted by Crippen LogP contribution is 2.29. The van der Waals surface area contributed by atoms with Crippen molar-refractivity contribution in [3.05, 3.63) is 46.3 Å². The molecule has 0 spiro atoms. The molecule has 0 atom stereocenters. The van der Waals surface area contributed by atoms with E-state index in [1.54, 1.807) is 11.3 Å². The summed E-state index contributed by atoms with van der Waals surface area (Å²) in [6, 6.07) is 6.72. The van der Waals surface area contributed by atoms with Gasteiger partial charge in [0.25, 0.3) is 0 Å². The van der Waals surface area contributed by atoms with Crippen molar-refractivity contribution in [3.8, 4) is 5.88 Å². The molecule has 1 saturated carbocycles. The van der Waals surface area contributed by atoms with Crippen LogP contribution in [-0.4, -0.2) is 48.1 Å². The van der Waals surface area contributed by atoms with E-state index in [4.69, 9.17) is 9.73 Å². The van der Waals surface area contributed by atoms with Gasteiger partial charge in [-0.3, -0.25) is 4.90 Å². The fraction of sp³-hybridized carbons (Fsp3) is 0.565. The zero-order valence-corrected chi connectivity index (χ0v) is 21.4. The van der Waals surface area contributed by atoms with E-state index < -0.39 is 0 Å². The van der Waals surface area contributed by atoms with E-state index in [-0.39, 0.29) is 24.0 Å². The van der Waals surface area contributed by atoms with Gasteiger partial charge in [0.1, 0.15) is 0 Å². The topological polar surface area (TPSA) is 61.8 Å². The van der Waals surface area contributed by atoms with Gasteiger partial charge < -0.3 is 15.4 Å². The average molecular weight is 556 g/mol. The van der Waals surface area contributed by atoms with Gasteiger partial charge in [0, 0.05) is 44.5 Å². The average Bonchev–Trinajstić information content (AvgIpc) is 3.47. The second-order valence-electron chi connectivity index (χ2n) is 8.28. The number of aromatic nitrogens is 1. The molecule has 8 heteroatoms. The molecule has 2 N–H and O–H groups in total. The summed E-state index contributed by atoms with van der Waals surface area (Å²) in [7, 11) is 0. The first-order valence-corrected chi connectivity index (χ1v) is 12.1. The molecule has 1 aliphatic carbocycles. The number of aliphatic imine (C=N–C) groups is 1. The molecule has 2 aromatic heterocycles. The number of ether oxygens (including phenoxy) is 1. The molecule has 1 saturated heterocycles. The Balaban J connectivity index is 0.00000272. The summed E-state index contributed by atoms with van der Waals surface area (Å²) in [5.41, 5.74) is 2.55. The van der Waals surface area contributed by atoms with Crippen molar-refractivity contribution in [1.29, 1.82) is 0 Å². The van der Waals surface area contributed by atoms with E-state index >= 15 is 0 Å². The molecule has 1 aliphatic heterocycles. The Morgan fingerprint density at radius 3 is 2.77 bits per heavy atom. The summed E-state index contributed by atoms with van der Waals surface area (Å²) in [6.07, 6.45) is 6.67. The minimum absolute atomic E-state index is 0. The fourth-order valence-electron chi connectivity index (χ4n) is 3.68. The van der Waals surface area contributed by atoms with Gasteiger partial charge in [0.05, 0.1) is 13.2 Å². The predicted octanol–water partition coefficient (Wildman–Crippen LogP) is 4.27. The van der Waals surface area contributed by atoms with Crippen molar-refractivity contribution in [2.75, 3.05) is 26.2 Å². The van der Waals surface area contributed by atoms with Gasteiger partial charge in [-0.2, -0.15) is 11.3 Å². The summed E-state index contributed by atoms with van der Waals surface area (Å²) in [5, 5.41) is 11.4. The van der Waals surface area contributed by atoms with E-state index in [1.165, 1.54) is 18.4 Å². The zero-order valence-electron chi connectivity index (χ0n) is 18.3. The Morgan fingerprint density at radius 2 is 2.06 bits per heavy atom. The maximum absolute atomic E-state index is 5.80. The van der Waals surface area contributed by atoms with E-state index in [0.29, 0.717) is 18.5 Å². The third kappa shape index (κ3) is 8.23. The van der Waals surface area contributed by atoms with Crippen LogP contribution in [0, 0.1) is 5.92 Å². The summed E-state index contributed by atoms with van der Waals surface area (Å²) < 4.78 is 5.80. The van der Waals surface area contributed by atoms with Crippen molar-refractivity contribution in [2.24, 2.45) is 10.9 Å². The number of nitrogens with zero attached hydrogens (tertiary/aromatic N) is 3. The highest BCUT2D eigenvalue weighted by atomic mass is 127. The Bertz CT molecular complexity index is 804. The van der Waals surface area contributed by atoms with Crippen LogP contribution in [-0.2, 0) is 13.1 Å². The molecule has 4 rings (SSSR count). The highest BCUT2D eigenvalue weighted by Gasteiger charge is 2.22. The van der Waals surface area contributed by atoms with Crippen LogP contribution in [0.4, 0.5) is 0 Å². The quantitative estimate of drug-likeness (QED) is 0.275. The first kappa shape index (κ1) is 24.3. The largest absolute Gasteiger partial charge is 0.477 e. The first-order valence-electron chi connectivity index (χ1n) is 11.1.